The van der Waals surface area contributed by atoms with Gasteiger partial charge in [-0.2, -0.15) is 0 Å². The molecular formula is C12H24N4O2. The molecule has 1 rings (SSSR count). The molecule has 1 saturated carbocycles. The van der Waals surface area contributed by atoms with Gasteiger partial charge in [-0.15, -0.1) is 0 Å². The summed E-state index contributed by atoms with van der Waals surface area (Å²) < 4.78 is 0. The van der Waals surface area contributed by atoms with Crippen molar-refractivity contribution in [1.82, 2.24) is 4.90 Å². The molecule has 0 aromatic carbocycles. The molecule has 0 aliphatic heterocycles. The SMILES string of the molecule is CCCN(C1CCCC1)[C@](C)(N=C(N)N)C(=O)O. The van der Waals surface area contributed by atoms with Gasteiger partial charge in [-0.25, -0.2) is 9.79 Å². The van der Waals surface area contributed by atoms with E-state index in [1.54, 1.807) is 6.92 Å². The van der Waals surface area contributed by atoms with E-state index in [4.69, 9.17) is 11.5 Å². The number of rotatable bonds is 6. The van der Waals surface area contributed by atoms with Gasteiger partial charge in [0.05, 0.1) is 0 Å². The largest absolute Gasteiger partial charge is 0.478 e. The number of nitrogens with two attached hydrogens (primary N) is 2. The lowest BCUT2D eigenvalue weighted by molar-refractivity contribution is -0.151. The van der Waals surface area contributed by atoms with E-state index in [1.165, 1.54) is 0 Å². The monoisotopic (exact) mass is 256 g/mol. The number of carboxylic acids is 1. The summed E-state index contributed by atoms with van der Waals surface area (Å²) in [5, 5.41) is 9.48. The van der Waals surface area contributed by atoms with E-state index in [1.807, 2.05) is 11.8 Å². The molecule has 0 saturated heterocycles. The minimum absolute atomic E-state index is 0.181. The van der Waals surface area contributed by atoms with Crippen molar-refractivity contribution in [2.75, 3.05) is 6.54 Å². The van der Waals surface area contributed by atoms with Crippen LogP contribution in [0.5, 0.6) is 0 Å². The first kappa shape index (κ1) is 14.8. The quantitative estimate of drug-likeness (QED) is 0.479. The number of hydrogen-bond acceptors (Lipinski definition) is 3. The predicted octanol–water partition coefficient (Wildman–Crippen LogP) is 0.715. The van der Waals surface area contributed by atoms with Gasteiger partial charge in [0.1, 0.15) is 0 Å². The van der Waals surface area contributed by atoms with Gasteiger partial charge in [-0.3, -0.25) is 4.90 Å². The maximum Gasteiger partial charge on any atom is 0.346 e. The third-order valence-corrected chi connectivity index (χ3v) is 3.54. The van der Waals surface area contributed by atoms with Crippen LogP contribution in [-0.2, 0) is 4.79 Å². The summed E-state index contributed by atoms with van der Waals surface area (Å²) in [6.45, 7) is 4.28. The Morgan fingerprint density at radius 2 is 2.00 bits per heavy atom. The van der Waals surface area contributed by atoms with Gasteiger partial charge in [-0.05, 0) is 26.2 Å². The van der Waals surface area contributed by atoms with Crippen molar-refractivity contribution in [2.45, 2.75) is 57.7 Å². The number of aliphatic imine (C=N–C) groups is 1. The number of carboxylic acid groups (broad SMARTS) is 1. The number of guanidine groups is 1. The molecule has 0 aromatic rings. The van der Waals surface area contributed by atoms with Crippen LogP contribution in [0.4, 0.5) is 0 Å². The molecule has 0 heterocycles. The van der Waals surface area contributed by atoms with E-state index in [0.29, 0.717) is 6.54 Å². The minimum Gasteiger partial charge on any atom is -0.478 e. The molecule has 0 radical (unpaired) electrons. The fraction of sp³-hybridized carbons (Fsp3) is 0.833. The molecule has 5 N–H and O–H groups in total. The van der Waals surface area contributed by atoms with Gasteiger partial charge in [-0.1, -0.05) is 19.8 Å². The molecule has 1 atom stereocenters. The lowest BCUT2D eigenvalue weighted by Crippen LogP contribution is -2.56. The van der Waals surface area contributed by atoms with Crippen LogP contribution in [0.25, 0.3) is 0 Å². The summed E-state index contributed by atoms with van der Waals surface area (Å²) in [5.41, 5.74) is 9.42. The second-order valence-corrected chi connectivity index (χ2v) is 4.99. The van der Waals surface area contributed by atoms with Crippen LogP contribution in [0.2, 0.25) is 0 Å². The fourth-order valence-corrected chi connectivity index (χ4v) is 2.70. The standard InChI is InChI=1S/C12H24N4O2/c1-3-8-16(9-6-4-5-7-9)12(2,10(17)18)15-11(13)14/h9H,3-8H2,1-2H3,(H,17,18)(H4,13,14,15)/t12-/m0/s1. The summed E-state index contributed by atoms with van der Waals surface area (Å²) in [4.78, 5) is 17.5. The van der Waals surface area contributed by atoms with Crippen molar-refractivity contribution in [3.8, 4) is 0 Å². The molecule has 1 aliphatic carbocycles. The minimum atomic E-state index is -1.36. The first-order valence-corrected chi connectivity index (χ1v) is 6.52. The number of aliphatic carboxylic acids is 1. The zero-order valence-electron chi connectivity index (χ0n) is 11.2. The first-order valence-electron chi connectivity index (χ1n) is 6.52. The summed E-state index contributed by atoms with van der Waals surface area (Å²) in [5.74, 6) is -1.18. The van der Waals surface area contributed by atoms with E-state index in [2.05, 4.69) is 4.99 Å². The zero-order valence-corrected chi connectivity index (χ0v) is 11.2. The van der Waals surface area contributed by atoms with Gasteiger partial charge < -0.3 is 16.6 Å². The topological polar surface area (TPSA) is 105 Å². The summed E-state index contributed by atoms with van der Waals surface area (Å²) >= 11 is 0. The Kier molecular flexibility index (Phi) is 4.95. The smallest absolute Gasteiger partial charge is 0.346 e. The van der Waals surface area contributed by atoms with Crippen LogP contribution in [0.1, 0.15) is 46.0 Å². The Balaban J connectivity index is 3.04. The Labute approximate surface area is 108 Å². The van der Waals surface area contributed by atoms with Crippen molar-refractivity contribution in [1.29, 1.82) is 0 Å². The predicted molar refractivity (Wildman–Crippen MR) is 71.1 cm³/mol. The highest BCUT2D eigenvalue weighted by atomic mass is 16.4. The van der Waals surface area contributed by atoms with Gasteiger partial charge in [0, 0.05) is 12.6 Å². The molecule has 1 fully saturated rings. The lowest BCUT2D eigenvalue weighted by atomic mass is 10.1. The number of nitrogens with zero attached hydrogens (tertiary/aromatic N) is 2. The molecule has 0 unspecified atom stereocenters. The average Bonchev–Trinajstić information content (AvgIpc) is 2.77. The zero-order chi connectivity index (χ0) is 13.8. The molecule has 0 amide bonds. The molecule has 6 nitrogen and oxygen atoms in total. The number of carbonyl (C=O) groups is 1. The lowest BCUT2D eigenvalue weighted by Gasteiger charge is -2.39. The maximum atomic E-state index is 11.6. The molecular weight excluding hydrogens is 232 g/mol. The van der Waals surface area contributed by atoms with Crippen molar-refractivity contribution in [2.24, 2.45) is 16.5 Å². The van der Waals surface area contributed by atoms with E-state index in [-0.39, 0.29) is 12.0 Å². The summed E-state index contributed by atoms with van der Waals surface area (Å²) in [6.07, 6.45) is 5.19. The van der Waals surface area contributed by atoms with Crippen LogP contribution in [0, 0.1) is 0 Å². The van der Waals surface area contributed by atoms with E-state index in [9.17, 15) is 9.90 Å². The molecule has 0 aromatic heterocycles. The van der Waals surface area contributed by atoms with Crippen LogP contribution in [0.15, 0.2) is 4.99 Å². The van der Waals surface area contributed by atoms with E-state index >= 15 is 0 Å². The van der Waals surface area contributed by atoms with Gasteiger partial charge in [0.15, 0.2) is 5.96 Å². The van der Waals surface area contributed by atoms with Crippen molar-refractivity contribution in [3.63, 3.8) is 0 Å². The second-order valence-electron chi connectivity index (χ2n) is 4.99. The molecule has 6 heteroatoms. The van der Waals surface area contributed by atoms with Gasteiger partial charge in [0.2, 0.25) is 5.66 Å². The third-order valence-electron chi connectivity index (χ3n) is 3.54. The van der Waals surface area contributed by atoms with Crippen LogP contribution in [-0.4, -0.2) is 40.2 Å². The maximum absolute atomic E-state index is 11.6. The second kappa shape index (κ2) is 6.04. The number of hydrogen-bond donors (Lipinski definition) is 3. The summed E-state index contributed by atoms with van der Waals surface area (Å²) in [6, 6.07) is 0.258. The fourth-order valence-electron chi connectivity index (χ4n) is 2.70. The third kappa shape index (κ3) is 3.13. The van der Waals surface area contributed by atoms with Crippen LogP contribution in [0.3, 0.4) is 0 Å². The van der Waals surface area contributed by atoms with E-state index < -0.39 is 11.6 Å². The highest BCUT2D eigenvalue weighted by Gasteiger charge is 2.43. The Hall–Kier alpha value is -1.30. The Morgan fingerprint density at radius 1 is 1.44 bits per heavy atom. The van der Waals surface area contributed by atoms with Crippen LogP contribution < -0.4 is 11.5 Å². The summed E-state index contributed by atoms with van der Waals surface area (Å²) in [7, 11) is 0. The first-order chi connectivity index (χ1) is 8.41. The van der Waals surface area contributed by atoms with Gasteiger partial charge in [0.25, 0.3) is 0 Å². The highest BCUT2D eigenvalue weighted by molar-refractivity contribution is 5.84. The molecule has 1 aliphatic rings. The molecule has 0 spiro atoms. The van der Waals surface area contributed by atoms with Crippen molar-refractivity contribution < 1.29 is 9.90 Å². The molecule has 104 valence electrons. The van der Waals surface area contributed by atoms with E-state index in [0.717, 1.165) is 32.1 Å². The normalized spacial score (nSPS) is 19.7. The van der Waals surface area contributed by atoms with Crippen LogP contribution >= 0.6 is 0 Å². The Morgan fingerprint density at radius 3 is 2.39 bits per heavy atom. The van der Waals surface area contributed by atoms with Gasteiger partial charge >= 0.3 is 5.97 Å². The van der Waals surface area contributed by atoms with Crippen molar-refractivity contribution in [3.05, 3.63) is 0 Å². The Bertz CT molecular complexity index is 322. The molecule has 0 bridgehead atoms. The molecule has 18 heavy (non-hydrogen) atoms. The highest BCUT2D eigenvalue weighted by Crippen LogP contribution is 2.30. The van der Waals surface area contributed by atoms with Crippen molar-refractivity contribution >= 4 is 11.9 Å². The average molecular weight is 256 g/mol.